The van der Waals surface area contributed by atoms with Gasteiger partial charge in [-0.05, 0) is 19.1 Å². The molecule has 0 aliphatic carbocycles. The number of anilines is 1. The van der Waals surface area contributed by atoms with Crippen LogP contribution in [0.15, 0.2) is 18.2 Å². The van der Waals surface area contributed by atoms with Gasteiger partial charge in [-0.1, -0.05) is 17.7 Å². The van der Waals surface area contributed by atoms with Crippen LogP contribution in [0.5, 0.6) is 0 Å². The van der Waals surface area contributed by atoms with E-state index < -0.39 is 0 Å². The molecule has 5 heteroatoms. The Balaban J connectivity index is 2.27. The van der Waals surface area contributed by atoms with Gasteiger partial charge in [-0.15, -0.1) is 0 Å². The molecule has 1 aromatic carbocycles. The lowest BCUT2D eigenvalue weighted by Crippen LogP contribution is -2.48. The fourth-order valence-electron chi connectivity index (χ4n) is 2.39. The molecule has 0 radical (unpaired) electrons. The monoisotopic (exact) mass is 270 g/mol. The minimum atomic E-state index is -0.154. The van der Waals surface area contributed by atoms with E-state index in [9.17, 15) is 5.11 Å². The fourth-order valence-corrected chi connectivity index (χ4v) is 2.64. The van der Waals surface area contributed by atoms with Gasteiger partial charge in [-0.2, -0.15) is 0 Å². The summed E-state index contributed by atoms with van der Waals surface area (Å²) in [6, 6.07) is 5.78. The quantitative estimate of drug-likeness (QED) is 0.871. The average molecular weight is 271 g/mol. The standard InChI is InChI=1S/C13H19ClN2O2/c1-9-6-16(7-10(8-17)18-9)13-4-2-3-12(14)11(13)5-15/h2-4,9-10,17H,5-8,15H2,1H3. The molecular weight excluding hydrogens is 252 g/mol. The van der Waals surface area contributed by atoms with Crippen LogP contribution in [0.1, 0.15) is 12.5 Å². The number of aliphatic hydroxyl groups is 1. The van der Waals surface area contributed by atoms with E-state index in [1.54, 1.807) is 0 Å². The lowest BCUT2D eigenvalue weighted by atomic mass is 10.1. The zero-order valence-corrected chi connectivity index (χ0v) is 11.2. The highest BCUT2D eigenvalue weighted by atomic mass is 35.5. The molecular formula is C13H19ClN2O2. The molecule has 1 fully saturated rings. The molecule has 100 valence electrons. The maximum atomic E-state index is 9.25. The first-order valence-corrected chi connectivity index (χ1v) is 6.52. The van der Waals surface area contributed by atoms with Crippen molar-refractivity contribution in [2.45, 2.75) is 25.7 Å². The molecule has 0 saturated carbocycles. The van der Waals surface area contributed by atoms with Gasteiger partial charge in [-0.25, -0.2) is 0 Å². The number of ether oxygens (including phenoxy) is 1. The van der Waals surface area contributed by atoms with Crippen LogP contribution >= 0.6 is 11.6 Å². The lowest BCUT2D eigenvalue weighted by Gasteiger charge is -2.38. The molecule has 2 atom stereocenters. The summed E-state index contributed by atoms with van der Waals surface area (Å²) >= 11 is 6.17. The summed E-state index contributed by atoms with van der Waals surface area (Å²) in [5.41, 5.74) is 7.76. The number of hydrogen-bond acceptors (Lipinski definition) is 4. The zero-order chi connectivity index (χ0) is 13.1. The molecule has 1 aliphatic rings. The van der Waals surface area contributed by atoms with Crippen LogP contribution < -0.4 is 10.6 Å². The number of aliphatic hydroxyl groups excluding tert-OH is 1. The largest absolute Gasteiger partial charge is 0.394 e. The van der Waals surface area contributed by atoms with E-state index in [0.29, 0.717) is 18.1 Å². The molecule has 3 N–H and O–H groups in total. The van der Waals surface area contributed by atoms with Crippen LogP contribution in [0.2, 0.25) is 5.02 Å². The van der Waals surface area contributed by atoms with Gasteiger partial charge >= 0.3 is 0 Å². The SMILES string of the molecule is CC1CN(c2cccc(Cl)c2CN)CC(CO)O1. The Bertz CT molecular complexity index is 414. The third-order valence-corrected chi connectivity index (χ3v) is 3.52. The summed E-state index contributed by atoms with van der Waals surface area (Å²) in [6.45, 7) is 3.88. The summed E-state index contributed by atoms with van der Waals surface area (Å²) in [5.74, 6) is 0. The highest BCUT2D eigenvalue weighted by Crippen LogP contribution is 2.29. The predicted molar refractivity (Wildman–Crippen MR) is 73.0 cm³/mol. The first-order valence-electron chi connectivity index (χ1n) is 6.14. The number of nitrogens with zero attached hydrogens (tertiary/aromatic N) is 1. The van der Waals surface area contributed by atoms with E-state index in [4.69, 9.17) is 22.1 Å². The highest BCUT2D eigenvalue weighted by molar-refractivity contribution is 6.31. The second kappa shape index (κ2) is 5.89. The maximum absolute atomic E-state index is 9.25. The Morgan fingerprint density at radius 3 is 2.94 bits per heavy atom. The van der Waals surface area contributed by atoms with Crippen molar-refractivity contribution in [2.75, 3.05) is 24.6 Å². The van der Waals surface area contributed by atoms with E-state index in [-0.39, 0.29) is 18.8 Å². The summed E-state index contributed by atoms with van der Waals surface area (Å²) < 4.78 is 5.64. The second-order valence-corrected chi connectivity index (χ2v) is 5.01. The minimum absolute atomic E-state index is 0.0271. The first kappa shape index (κ1) is 13.6. The van der Waals surface area contributed by atoms with Crippen LogP contribution in [0.4, 0.5) is 5.69 Å². The maximum Gasteiger partial charge on any atom is 0.0984 e. The molecule has 0 spiro atoms. The van der Waals surface area contributed by atoms with Gasteiger partial charge < -0.3 is 20.5 Å². The van der Waals surface area contributed by atoms with Crippen LogP contribution in [-0.4, -0.2) is 37.0 Å². The number of hydrogen-bond donors (Lipinski definition) is 2. The van der Waals surface area contributed by atoms with Gasteiger partial charge in [0.05, 0.1) is 18.8 Å². The van der Waals surface area contributed by atoms with E-state index in [2.05, 4.69) is 4.90 Å². The Hall–Kier alpha value is -0.810. The topological polar surface area (TPSA) is 58.7 Å². The van der Waals surface area contributed by atoms with Crippen molar-refractivity contribution >= 4 is 17.3 Å². The number of halogens is 1. The molecule has 2 rings (SSSR count). The lowest BCUT2D eigenvalue weighted by molar-refractivity contribution is -0.0421. The third kappa shape index (κ3) is 2.78. The molecule has 1 heterocycles. The second-order valence-electron chi connectivity index (χ2n) is 4.60. The molecule has 1 saturated heterocycles. The average Bonchev–Trinajstić information content (AvgIpc) is 2.37. The molecule has 4 nitrogen and oxygen atoms in total. The van der Waals surface area contributed by atoms with Gasteiger partial charge in [0.25, 0.3) is 0 Å². The summed E-state index contributed by atoms with van der Waals surface area (Å²) in [5, 5.41) is 9.94. The van der Waals surface area contributed by atoms with Crippen molar-refractivity contribution in [3.8, 4) is 0 Å². The molecule has 0 bridgehead atoms. The van der Waals surface area contributed by atoms with Crippen molar-refractivity contribution in [2.24, 2.45) is 5.73 Å². The van der Waals surface area contributed by atoms with E-state index in [1.807, 2.05) is 25.1 Å². The van der Waals surface area contributed by atoms with E-state index in [0.717, 1.165) is 17.8 Å². The van der Waals surface area contributed by atoms with Gasteiger partial charge in [0.2, 0.25) is 0 Å². The smallest absolute Gasteiger partial charge is 0.0984 e. The molecule has 1 aliphatic heterocycles. The Kier molecular flexibility index (Phi) is 4.45. The Morgan fingerprint density at radius 1 is 1.50 bits per heavy atom. The van der Waals surface area contributed by atoms with E-state index in [1.165, 1.54) is 0 Å². The number of rotatable bonds is 3. The summed E-state index contributed by atoms with van der Waals surface area (Å²) in [7, 11) is 0. The van der Waals surface area contributed by atoms with Gasteiger partial charge in [0, 0.05) is 35.9 Å². The predicted octanol–water partition coefficient (Wildman–Crippen LogP) is 1.38. The Morgan fingerprint density at radius 2 is 2.28 bits per heavy atom. The molecule has 0 aromatic heterocycles. The molecule has 2 unspecified atom stereocenters. The van der Waals surface area contributed by atoms with Crippen molar-refractivity contribution in [3.63, 3.8) is 0 Å². The van der Waals surface area contributed by atoms with E-state index >= 15 is 0 Å². The Labute approximate surface area is 112 Å². The first-order chi connectivity index (χ1) is 8.65. The van der Waals surface area contributed by atoms with Crippen LogP contribution in [0.3, 0.4) is 0 Å². The number of benzene rings is 1. The molecule has 0 amide bonds. The normalized spacial score (nSPS) is 24.3. The molecule has 1 aromatic rings. The van der Waals surface area contributed by atoms with Crippen LogP contribution in [0.25, 0.3) is 0 Å². The van der Waals surface area contributed by atoms with Gasteiger partial charge in [0.15, 0.2) is 0 Å². The molecule has 18 heavy (non-hydrogen) atoms. The minimum Gasteiger partial charge on any atom is -0.394 e. The van der Waals surface area contributed by atoms with Crippen molar-refractivity contribution < 1.29 is 9.84 Å². The number of morpholine rings is 1. The van der Waals surface area contributed by atoms with Gasteiger partial charge in [0.1, 0.15) is 0 Å². The fraction of sp³-hybridized carbons (Fsp3) is 0.538. The van der Waals surface area contributed by atoms with Crippen molar-refractivity contribution in [1.82, 2.24) is 0 Å². The zero-order valence-electron chi connectivity index (χ0n) is 10.5. The highest BCUT2D eigenvalue weighted by Gasteiger charge is 2.26. The van der Waals surface area contributed by atoms with Crippen molar-refractivity contribution in [1.29, 1.82) is 0 Å². The third-order valence-electron chi connectivity index (χ3n) is 3.17. The van der Waals surface area contributed by atoms with Crippen LogP contribution in [-0.2, 0) is 11.3 Å². The summed E-state index contributed by atoms with van der Waals surface area (Å²) in [6.07, 6.45) is -0.0705. The van der Waals surface area contributed by atoms with Gasteiger partial charge in [-0.3, -0.25) is 0 Å². The van der Waals surface area contributed by atoms with Crippen molar-refractivity contribution in [3.05, 3.63) is 28.8 Å². The van der Waals surface area contributed by atoms with Crippen LogP contribution in [0, 0.1) is 0 Å². The summed E-state index contributed by atoms with van der Waals surface area (Å²) in [4.78, 5) is 2.18. The number of nitrogens with two attached hydrogens (primary N) is 1.